The number of pyridine rings is 1. The van der Waals surface area contributed by atoms with E-state index < -0.39 is 141 Å². The molecule has 5 rings (SSSR count). The van der Waals surface area contributed by atoms with E-state index in [1.807, 2.05) is 25.9 Å². The maximum atomic E-state index is 14.6. The van der Waals surface area contributed by atoms with Crippen LogP contribution < -0.4 is 10.7 Å². The van der Waals surface area contributed by atoms with Crippen molar-refractivity contribution in [2.24, 2.45) is 23.7 Å². The fourth-order valence-corrected chi connectivity index (χ4v) is 12.9. The van der Waals surface area contributed by atoms with Crippen molar-refractivity contribution in [1.29, 1.82) is 0 Å². The quantitative estimate of drug-likeness (QED) is 0.0712. The molecule has 3 saturated heterocycles. The molecule has 0 saturated carbocycles. The molecule has 1 aromatic heterocycles. The van der Waals surface area contributed by atoms with Gasteiger partial charge < -0.3 is 68.4 Å². The Bertz CT molecular complexity index is 2530. The van der Waals surface area contributed by atoms with E-state index in [4.69, 9.17) is 37.3 Å². The van der Waals surface area contributed by atoms with E-state index in [2.05, 4.69) is 5.32 Å². The number of methoxy groups -OCH3 is 2. The number of halogens is 1. The minimum Gasteiger partial charge on any atom is -0.477 e. The van der Waals surface area contributed by atoms with Gasteiger partial charge in [-0.2, -0.15) is 8.42 Å². The minimum absolute atomic E-state index is 0.0153. The number of aryl methyl sites for hydroxylation is 2. The predicted molar refractivity (Wildman–Crippen MR) is 286 cm³/mol. The highest BCUT2D eigenvalue weighted by Gasteiger charge is 2.55. The number of carboxylic acid groups (broad SMARTS) is 1. The van der Waals surface area contributed by atoms with Crippen LogP contribution in [0, 0.1) is 23.7 Å². The molecular weight excluding hydrogens is 1040 g/mol. The summed E-state index contributed by atoms with van der Waals surface area (Å²) >= 11 is 0. The number of benzene rings is 1. The summed E-state index contributed by atoms with van der Waals surface area (Å²) in [6.07, 6.45) is -8.56. The Kier molecular flexibility index (Phi) is 22.6. The average Bonchev–Trinajstić information content (AvgIpc) is 3.40. The van der Waals surface area contributed by atoms with E-state index in [0.717, 1.165) is 11.8 Å². The molecule has 0 radical (unpaired) electrons. The smallest absolute Gasteiger partial charge is 0.341 e. The Morgan fingerprint density at radius 2 is 1.59 bits per heavy atom. The van der Waals surface area contributed by atoms with Crippen molar-refractivity contribution < 1.29 is 85.0 Å². The molecule has 78 heavy (non-hydrogen) atoms. The van der Waals surface area contributed by atoms with Crippen LogP contribution in [0.5, 0.6) is 0 Å². The zero-order valence-corrected chi connectivity index (χ0v) is 48.7. The van der Waals surface area contributed by atoms with Crippen molar-refractivity contribution in [2.75, 3.05) is 53.8 Å². The molecule has 0 spiro atoms. The lowest BCUT2D eigenvalue weighted by atomic mass is 9.74. The Labute approximate surface area is 458 Å². The number of carbonyl (C=O) groups excluding carboxylic acids is 2. The fraction of sp³-hybridized carbons (Fsp3) is 0.782. The van der Waals surface area contributed by atoms with Crippen LogP contribution in [0.3, 0.4) is 0 Å². The molecule has 3 fully saturated rings. The number of aromatic nitrogens is 1. The lowest BCUT2D eigenvalue weighted by molar-refractivity contribution is -0.317. The van der Waals surface area contributed by atoms with Crippen molar-refractivity contribution in [3.05, 3.63) is 45.7 Å². The highest BCUT2D eigenvalue weighted by atomic mass is 32.2. The van der Waals surface area contributed by atoms with Gasteiger partial charge in [0.2, 0.25) is 5.43 Å². The number of fused-ring (bicyclic) bond motifs is 1. The molecule has 4 heterocycles. The Balaban J connectivity index is 1.37. The zero-order chi connectivity index (χ0) is 58.4. The summed E-state index contributed by atoms with van der Waals surface area (Å²) in [6.45, 7) is 16.0. The number of aliphatic hydroxyl groups is 3. The van der Waals surface area contributed by atoms with Gasteiger partial charge in [-0.1, -0.05) is 33.8 Å². The number of rotatable bonds is 20. The number of cyclic esters (lactones) is 1. The van der Waals surface area contributed by atoms with Crippen molar-refractivity contribution in [3.8, 4) is 0 Å². The molecule has 23 heteroatoms. The maximum absolute atomic E-state index is 14.6. The van der Waals surface area contributed by atoms with Crippen molar-refractivity contribution in [2.45, 2.75) is 199 Å². The largest absolute Gasteiger partial charge is 0.477 e. The zero-order valence-electron chi connectivity index (χ0n) is 47.9. The van der Waals surface area contributed by atoms with Gasteiger partial charge in [-0.25, -0.2) is 9.18 Å². The number of aliphatic hydroxyl groups excluding tert-OH is 2. The number of nitrogens with zero attached hydrogens (tertiary/aromatic N) is 2. The van der Waals surface area contributed by atoms with Crippen LogP contribution in [0.15, 0.2) is 29.2 Å². The number of nitrogens with one attached hydrogen (secondary N) is 1. The third-order valence-corrected chi connectivity index (χ3v) is 17.7. The van der Waals surface area contributed by atoms with Gasteiger partial charge in [0.15, 0.2) is 12.6 Å². The summed E-state index contributed by atoms with van der Waals surface area (Å²) in [5.41, 5.74) is -4.76. The van der Waals surface area contributed by atoms with E-state index in [1.54, 1.807) is 66.7 Å². The fourth-order valence-electron chi connectivity index (χ4n) is 11.7. The van der Waals surface area contributed by atoms with Crippen LogP contribution in [-0.4, -0.2) is 194 Å². The van der Waals surface area contributed by atoms with Crippen LogP contribution in [0.4, 0.5) is 4.39 Å². The maximum Gasteiger partial charge on any atom is 0.341 e. The van der Waals surface area contributed by atoms with Gasteiger partial charge in [-0.3, -0.25) is 18.6 Å². The number of Topliss-reactive ketones (excluding diaryl/α,β-unsaturated/α-hetero) is 1. The topological polar surface area (TPSA) is 277 Å². The van der Waals surface area contributed by atoms with Gasteiger partial charge in [-0.05, 0) is 112 Å². The van der Waals surface area contributed by atoms with Crippen LogP contribution >= 0.6 is 0 Å². The van der Waals surface area contributed by atoms with E-state index in [-0.39, 0.29) is 55.7 Å². The standard InChI is InChI=1S/C55H88FN3O18S/c1-15-41-55(10,67)47(63)32(4)43(60)30(2)27-53(8,70-13)48(76-52-45(62)40(58(11)12)25-31(3)72-52)33(5)46(34(6)51(66)74-41)75-42-28-54(9,71-14)49(35(7)73-42)77-78(68,69)24-22-57-21-16-17-36-18-19-39-37(26-36)44(61)38(50(64)65)29-59(39)23-20-56/h18-19,26,29-35,40-42,45-49,52,57,62-63,67H,15-17,20-25,27-28H2,1-14H3,(H,64,65)/t30-,31-,32+,33+,34?,35+,40+,41-,42+,45-,46+,47-,48?,49+,52+,53?,54-,55-/m1/s1. The van der Waals surface area contributed by atoms with Gasteiger partial charge in [-0.15, -0.1) is 0 Å². The van der Waals surface area contributed by atoms with E-state index in [1.165, 1.54) is 32.6 Å². The van der Waals surface area contributed by atoms with Crippen molar-refractivity contribution in [1.82, 2.24) is 14.8 Å². The number of esters is 1. The summed E-state index contributed by atoms with van der Waals surface area (Å²) in [5, 5.41) is 48.1. The summed E-state index contributed by atoms with van der Waals surface area (Å²) < 4.78 is 92.8. The third kappa shape index (κ3) is 14.9. The van der Waals surface area contributed by atoms with Gasteiger partial charge in [0, 0.05) is 62.6 Å². The number of hydrogen-bond acceptors (Lipinski definition) is 19. The number of alkyl halides is 1. The van der Waals surface area contributed by atoms with Crippen LogP contribution in [0.2, 0.25) is 0 Å². The second-order valence-corrected chi connectivity index (χ2v) is 24.4. The SMILES string of the molecule is CC[C@H]1OC(=O)C(C)[C@@H](O[C@H]2C[C@@](C)(OC)[C@@H](OS(=O)(=O)CCNCCCc3ccc4c(c3)c(=O)c(C(=O)O)cn4CCF)[C@H](C)O2)[C@H](C)C(O[C@@H]2O[C@H](C)C[C@H](N(C)C)[C@H]2O)C(C)(OC)C[C@@H](C)C(=O)[C@H](C)[C@@H](O)[C@]1(C)O. The molecule has 5 N–H and O–H groups in total. The normalized spacial score (nSPS) is 36.8. The van der Waals surface area contributed by atoms with E-state index >= 15 is 0 Å². The number of aromatic carboxylic acids is 1. The van der Waals surface area contributed by atoms with Crippen molar-refractivity contribution >= 4 is 38.7 Å². The summed E-state index contributed by atoms with van der Waals surface area (Å²) in [4.78, 5) is 55.4. The first-order valence-electron chi connectivity index (χ1n) is 27.2. The third-order valence-electron chi connectivity index (χ3n) is 16.5. The molecule has 0 amide bonds. The first-order valence-corrected chi connectivity index (χ1v) is 28.8. The molecule has 3 aliphatic heterocycles. The molecule has 0 bridgehead atoms. The first-order chi connectivity index (χ1) is 36.4. The van der Waals surface area contributed by atoms with E-state index in [0.29, 0.717) is 31.3 Å². The molecule has 1 aromatic carbocycles. The van der Waals surface area contributed by atoms with Gasteiger partial charge in [0.1, 0.15) is 41.9 Å². The molecule has 3 unspecified atom stereocenters. The molecule has 18 atom stereocenters. The van der Waals surface area contributed by atoms with Crippen LogP contribution in [0.25, 0.3) is 10.9 Å². The monoisotopic (exact) mass is 1130 g/mol. The van der Waals surface area contributed by atoms with Crippen LogP contribution in [0.1, 0.15) is 117 Å². The van der Waals surface area contributed by atoms with Gasteiger partial charge in [0.25, 0.3) is 10.1 Å². The number of carbonyl (C=O) groups is 3. The number of ketones is 1. The second kappa shape index (κ2) is 27.0. The summed E-state index contributed by atoms with van der Waals surface area (Å²) in [6, 6.07) is 4.66. The molecule has 21 nitrogen and oxygen atoms in total. The molecule has 0 aliphatic carbocycles. The first kappa shape index (κ1) is 65.3. The number of carboxylic acids is 1. The second-order valence-electron chi connectivity index (χ2n) is 22.7. The predicted octanol–water partition coefficient (Wildman–Crippen LogP) is 4.00. The Hall–Kier alpha value is -3.56. The van der Waals surface area contributed by atoms with Gasteiger partial charge >= 0.3 is 11.9 Å². The number of hydrogen-bond donors (Lipinski definition) is 5. The number of ether oxygens (including phenoxy) is 7. The minimum atomic E-state index is -4.23. The highest BCUT2D eigenvalue weighted by Crippen LogP contribution is 2.42. The van der Waals surface area contributed by atoms with Crippen LogP contribution in [-0.2, 0) is 70.0 Å². The lowest BCUT2D eigenvalue weighted by Gasteiger charge is -2.50. The number of likely N-dealkylation sites (N-methyl/N-ethyl adjacent to an activating group) is 1. The molecule has 2 aromatic rings. The summed E-state index contributed by atoms with van der Waals surface area (Å²) in [5.74, 6) is -6.91. The summed E-state index contributed by atoms with van der Waals surface area (Å²) in [7, 11) is 2.32. The van der Waals surface area contributed by atoms with Gasteiger partial charge in [0.05, 0.1) is 65.5 Å². The molecular formula is C55H88FN3O18S. The van der Waals surface area contributed by atoms with Crippen molar-refractivity contribution in [3.63, 3.8) is 0 Å². The Morgan fingerprint density at radius 3 is 2.19 bits per heavy atom. The molecule has 444 valence electrons. The Morgan fingerprint density at radius 1 is 0.936 bits per heavy atom. The van der Waals surface area contributed by atoms with E-state index in [9.17, 15) is 52.4 Å². The highest BCUT2D eigenvalue weighted by molar-refractivity contribution is 7.86. The molecule has 3 aliphatic rings. The average molecular weight is 1130 g/mol. The lowest BCUT2D eigenvalue weighted by Crippen LogP contribution is -2.62.